The monoisotopic (exact) mass is 390 g/mol. The molecule has 0 saturated heterocycles. The fraction of sp³-hybridized carbons (Fsp3) is 0.364. The molecular formula is C22H30O6. The van der Waals surface area contributed by atoms with Gasteiger partial charge in [-0.15, -0.1) is 0 Å². The maximum Gasteiger partial charge on any atom is 0.335 e. The number of benzene rings is 2. The first-order chi connectivity index (χ1) is 13.2. The van der Waals surface area contributed by atoms with Gasteiger partial charge >= 0.3 is 11.9 Å². The van der Waals surface area contributed by atoms with Gasteiger partial charge in [-0.25, -0.2) is 9.59 Å². The molecule has 6 heteroatoms. The van der Waals surface area contributed by atoms with E-state index < -0.39 is 17.5 Å². The van der Waals surface area contributed by atoms with Crippen LogP contribution >= 0.6 is 0 Å². The molecule has 0 atom stereocenters. The highest BCUT2D eigenvalue weighted by Crippen LogP contribution is 2.12. The first-order valence-electron chi connectivity index (χ1n) is 9.07. The van der Waals surface area contributed by atoms with Crippen molar-refractivity contribution in [1.29, 1.82) is 0 Å². The number of carboxylic acids is 2. The van der Waals surface area contributed by atoms with Gasteiger partial charge in [0.05, 0.1) is 16.7 Å². The lowest BCUT2D eigenvalue weighted by Gasteiger charge is -2.15. The van der Waals surface area contributed by atoms with Crippen molar-refractivity contribution in [3.8, 4) is 0 Å². The molecular weight excluding hydrogens is 360 g/mol. The molecule has 2 aromatic rings. The van der Waals surface area contributed by atoms with E-state index in [1.165, 1.54) is 0 Å². The smallest absolute Gasteiger partial charge is 0.335 e. The van der Waals surface area contributed by atoms with Crippen LogP contribution in [0.25, 0.3) is 0 Å². The van der Waals surface area contributed by atoms with Crippen molar-refractivity contribution in [1.82, 2.24) is 0 Å². The average molecular weight is 390 g/mol. The van der Waals surface area contributed by atoms with E-state index >= 15 is 0 Å². The van der Waals surface area contributed by atoms with Crippen LogP contribution in [0, 0.1) is 0 Å². The fourth-order valence-electron chi connectivity index (χ4n) is 2.01. The second-order valence-electron chi connectivity index (χ2n) is 6.69. The Hall–Kier alpha value is -2.70. The molecule has 0 aliphatic heterocycles. The van der Waals surface area contributed by atoms with Crippen LogP contribution in [-0.2, 0) is 0 Å². The number of hydrogen-bond acceptors (Lipinski definition) is 4. The minimum absolute atomic E-state index is 0.270. The van der Waals surface area contributed by atoms with Crippen molar-refractivity contribution in [2.24, 2.45) is 0 Å². The average Bonchev–Trinajstić information content (AvgIpc) is 2.67. The van der Waals surface area contributed by atoms with E-state index in [0.29, 0.717) is 11.1 Å². The summed E-state index contributed by atoms with van der Waals surface area (Å²) >= 11 is 0. The van der Waals surface area contributed by atoms with Crippen molar-refractivity contribution >= 4 is 11.9 Å². The third-order valence-corrected chi connectivity index (χ3v) is 3.49. The van der Waals surface area contributed by atoms with Crippen molar-refractivity contribution in [3.63, 3.8) is 0 Å². The topological polar surface area (TPSA) is 115 Å². The zero-order chi connectivity index (χ0) is 21.4. The van der Waals surface area contributed by atoms with Gasteiger partial charge < -0.3 is 20.4 Å². The number of unbranched alkanes of at least 4 members (excludes halogenated alkanes) is 2. The fourth-order valence-corrected chi connectivity index (χ4v) is 2.01. The highest BCUT2D eigenvalue weighted by molar-refractivity contribution is 5.87. The number of aliphatic hydroxyl groups excluding tert-OH is 1. The van der Waals surface area contributed by atoms with E-state index in [1.807, 2.05) is 13.8 Å². The third-order valence-electron chi connectivity index (χ3n) is 3.49. The van der Waals surface area contributed by atoms with Crippen LogP contribution in [0.15, 0.2) is 60.7 Å². The van der Waals surface area contributed by atoms with Gasteiger partial charge in [-0.2, -0.15) is 0 Å². The Morgan fingerprint density at radius 1 is 0.750 bits per heavy atom. The molecule has 28 heavy (non-hydrogen) atoms. The van der Waals surface area contributed by atoms with Gasteiger partial charge in [-0.05, 0) is 51.0 Å². The van der Waals surface area contributed by atoms with E-state index in [2.05, 4.69) is 0 Å². The molecule has 0 aliphatic carbocycles. The van der Waals surface area contributed by atoms with E-state index in [0.717, 1.165) is 25.7 Å². The Labute approximate surface area is 166 Å². The second-order valence-corrected chi connectivity index (χ2v) is 6.69. The van der Waals surface area contributed by atoms with E-state index in [9.17, 15) is 14.7 Å². The lowest BCUT2D eigenvalue weighted by Crippen LogP contribution is -2.17. The third kappa shape index (κ3) is 14.5. The van der Waals surface area contributed by atoms with Gasteiger partial charge in [0.2, 0.25) is 0 Å². The predicted octanol–water partition coefficient (Wildman–Crippen LogP) is 4.08. The molecule has 0 radical (unpaired) electrons. The van der Waals surface area contributed by atoms with Crippen LogP contribution in [0.2, 0.25) is 0 Å². The Morgan fingerprint density at radius 3 is 1.39 bits per heavy atom. The SMILES string of the molecule is CC(C)(O)CCCCCO.O=C(O)c1ccccc1.O=C(O)c1ccccc1. The molecule has 2 rings (SSSR count). The summed E-state index contributed by atoms with van der Waals surface area (Å²) < 4.78 is 0. The lowest BCUT2D eigenvalue weighted by molar-refractivity contribution is 0.0672. The molecule has 6 nitrogen and oxygen atoms in total. The summed E-state index contributed by atoms with van der Waals surface area (Å²) in [6, 6.07) is 16.6. The minimum atomic E-state index is -0.879. The summed E-state index contributed by atoms with van der Waals surface area (Å²) in [5.41, 5.74) is 0.130. The van der Waals surface area contributed by atoms with Crippen molar-refractivity contribution in [2.75, 3.05) is 6.61 Å². The molecule has 0 fully saturated rings. The molecule has 0 spiro atoms. The zero-order valence-corrected chi connectivity index (χ0v) is 16.4. The maximum absolute atomic E-state index is 10.2. The minimum Gasteiger partial charge on any atom is -0.478 e. The van der Waals surface area contributed by atoms with Crippen molar-refractivity contribution in [3.05, 3.63) is 71.8 Å². The van der Waals surface area contributed by atoms with E-state index in [1.54, 1.807) is 60.7 Å². The Balaban J connectivity index is 0.000000391. The number of rotatable bonds is 7. The van der Waals surface area contributed by atoms with Gasteiger partial charge in [-0.1, -0.05) is 49.2 Å². The van der Waals surface area contributed by atoms with Crippen LogP contribution in [0.3, 0.4) is 0 Å². The largest absolute Gasteiger partial charge is 0.478 e. The molecule has 0 aromatic heterocycles. The highest BCUT2D eigenvalue weighted by atomic mass is 16.4. The number of aliphatic hydroxyl groups is 2. The molecule has 0 heterocycles. The zero-order valence-electron chi connectivity index (χ0n) is 16.4. The molecule has 0 unspecified atom stereocenters. The quantitative estimate of drug-likeness (QED) is 0.530. The summed E-state index contributed by atoms with van der Waals surface area (Å²) in [7, 11) is 0. The van der Waals surface area contributed by atoms with Gasteiger partial charge in [-0.3, -0.25) is 0 Å². The van der Waals surface area contributed by atoms with Crippen LogP contribution in [0.4, 0.5) is 0 Å². The maximum atomic E-state index is 10.2. The Bertz CT molecular complexity index is 613. The summed E-state index contributed by atoms with van der Waals surface area (Å²) in [6.45, 7) is 3.89. The van der Waals surface area contributed by atoms with Crippen molar-refractivity contribution in [2.45, 2.75) is 45.1 Å². The normalized spacial score (nSPS) is 10.0. The van der Waals surface area contributed by atoms with Gasteiger partial charge in [0.15, 0.2) is 0 Å². The van der Waals surface area contributed by atoms with Gasteiger partial charge in [0.25, 0.3) is 0 Å². The van der Waals surface area contributed by atoms with E-state index in [4.69, 9.17) is 15.3 Å². The Kier molecular flexibility index (Phi) is 13.0. The summed E-state index contributed by atoms with van der Waals surface area (Å²) in [6.07, 6.45) is 3.70. The highest BCUT2D eigenvalue weighted by Gasteiger charge is 2.10. The molecule has 154 valence electrons. The molecule has 0 amide bonds. The van der Waals surface area contributed by atoms with Gasteiger partial charge in [0.1, 0.15) is 0 Å². The summed E-state index contributed by atoms with van der Waals surface area (Å²) in [5.74, 6) is -1.76. The summed E-state index contributed by atoms with van der Waals surface area (Å²) in [5, 5.41) is 34.5. The lowest BCUT2D eigenvalue weighted by atomic mass is 10.0. The van der Waals surface area contributed by atoms with Crippen LogP contribution < -0.4 is 0 Å². The van der Waals surface area contributed by atoms with Crippen molar-refractivity contribution < 1.29 is 30.0 Å². The standard InChI is InChI=1S/C8H18O2.2C7H6O2/c1-8(2,10)6-4-3-5-7-9;2*8-7(9)6-4-2-1-3-5-6/h9-10H,3-7H2,1-2H3;2*1-5H,(H,8,9). The first kappa shape index (κ1) is 25.3. The van der Waals surface area contributed by atoms with Gasteiger partial charge in [0, 0.05) is 6.61 Å². The predicted molar refractivity (Wildman–Crippen MR) is 109 cm³/mol. The molecule has 2 aromatic carbocycles. The first-order valence-corrected chi connectivity index (χ1v) is 9.07. The molecule has 0 aliphatic rings. The number of aromatic carboxylic acids is 2. The summed E-state index contributed by atoms with van der Waals surface area (Å²) in [4.78, 5) is 20.4. The van der Waals surface area contributed by atoms with Crippen LogP contribution in [0.5, 0.6) is 0 Å². The molecule has 0 bridgehead atoms. The van der Waals surface area contributed by atoms with Crippen LogP contribution in [0.1, 0.15) is 60.2 Å². The Morgan fingerprint density at radius 2 is 1.14 bits per heavy atom. The number of carbonyl (C=O) groups is 2. The van der Waals surface area contributed by atoms with E-state index in [-0.39, 0.29) is 6.61 Å². The number of carboxylic acid groups (broad SMARTS) is 2. The molecule has 4 N–H and O–H groups in total. The number of hydrogen-bond donors (Lipinski definition) is 4. The van der Waals surface area contributed by atoms with Crippen LogP contribution in [-0.4, -0.2) is 44.6 Å². The second kappa shape index (κ2) is 14.4. The molecule has 0 saturated carbocycles.